The molecular formula is C21H48N4. The standard InChI is InChI=1S/C21H48N4/c1-5-20(6-2)18-24-16-10-14-22-12-9-13-23-15-11-17-25-19-21(7-3)8-4/h20-25H,5-19H2,1-4H3. The van der Waals surface area contributed by atoms with Crippen LogP contribution >= 0.6 is 0 Å². The van der Waals surface area contributed by atoms with E-state index in [2.05, 4.69) is 49.0 Å². The summed E-state index contributed by atoms with van der Waals surface area (Å²) < 4.78 is 0. The molecule has 0 aromatic carbocycles. The Hall–Kier alpha value is -0.160. The summed E-state index contributed by atoms with van der Waals surface area (Å²) in [5.74, 6) is 1.71. The molecule has 0 saturated carbocycles. The van der Waals surface area contributed by atoms with Crippen molar-refractivity contribution in [2.24, 2.45) is 11.8 Å². The summed E-state index contributed by atoms with van der Waals surface area (Å²) in [6.45, 7) is 18.3. The molecular weight excluding hydrogens is 308 g/mol. The molecule has 0 aliphatic carbocycles. The van der Waals surface area contributed by atoms with E-state index < -0.39 is 0 Å². The molecule has 0 unspecified atom stereocenters. The molecule has 0 fully saturated rings. The third-order valence-corrected chi connectivity index (χ3v) is 5.30. The van der Waals surface area contributed by atoms with Gasteiger partial charge in [-0.1, -0.05) is 53.4 Å². The second-order valence-corrected chi connectivity index (χ2v) is 7.33. The van der Waals surface area contributed by atoms with Crippen molar-refractivity contribution in [3.05, 3.63) is 0 Å². The molecule has 4 N–H and O–H groups in total. The van der Waals surface area contributed by atoms with Crippen molar-refractivity contribution in [1.29, 1.82) is 0 Å². The van der Waals surface area contributed by atoms with Crippen molar-refractivity contribution < 1.29 is 0 Å². The minimum atomic E-state index is 0.856. The van der Waals surface area contributed by atoms with Gasteiger partial charge in [-0.05, 0) is 83.5 Å². The third-order valence-electron chi connectivity index (χ3n) is 5.30. The van der Waals surface area contributed by atoms with E-state index in [0.717, 1.165) is 51.1 Å². The van der Waals surface area contributed by atoms with Gasteiger partial charge in [0, 0.05) is 0 Å². The Morgan fingerprint density at radius 2 is 0.720 bits per heavy atom. The summed E-state index contributed by atoms with van der Waals surface area (Å²) in [6, 6.07) is 0. The van der Waals surface area contributed by atoms with Crippen LogP contribution in [-0.2, 0) is 0 Å². The number of hydrogen-bond donors (Lipinski definition) is 4. The molecule has 0 spiro atoms. The van der Waals surface area contributed by atoms with Gasteiger partial charge in [-0.3, -0.25) is 0 Å². The van der Waals surface area contributed by atoms with E-state index in [1.165, 1.54) is 58.0 Å². The first-order valence-electron chi connectivity index (χ1n) is 11.1. The molecule has 0 saturated heterocycles. The van der Waals surface area contributed by atoms with E-state index in [1.54, 1.807) is 0 Å². The molecule has 0 heterocycles. The molecule has 4 nitrogen and oxygen atoms in total. The summed E-state index contributed by atoms with van der Waals surface area (Å²) in [4.78, 5) is 0. The smallest absolute Gasteiger partial charge is 0.00207 e. The van der Waals surface area contributed by atoms with Crippen LogP contribution in [0.3, 0.4) is 0 Å². The maximum Gasteiger partial charge on any atom is -0.00207 e. The molecule has 0 aromatic rings. The molecule has 152 valence electrons. The van der Waals surface area contributed by atoms with E-state index in [4.69, 9.17) is 0 Å². The first kappa shape index (κ1) is 24.8. The van der Waals surface area contributed by atoms with Crippen LogP contribution in [0.4, 0.5) is 0 Å². The normalized spacial score (nSPS) is 11.8. The van der Waals surface area contributed by atoms with E-state index >= 15 is 0 Å². The van der Waals surface area contributed by atoms with Crippen molar-refractivity contribution >= 4 is 0 Å². The SMILES string of the molecule is CCC(CC)CNCCCNCCCNCCCNCC(CC)CC. The van der Waals surface area contributed by atoms with Gasteiger partial charge >= 0.3 is 0 Å². The van der Waals surface area contributed by atoms with Gasteiger partial charge in [0.25, 0.3) is 0 Å². The Balaban J connectivity index is 3.12. The fourth-order valence-electron chi connectivity index (χ4n) is 3.03. The highest BCUT2D eigenvalue weighted by Crippen LogP contribution is 2.05. The van der Waals surface area contributed by atoms with Gasteiger partial charge in [-0.15, -0.1) is 0 Å². The topological polar surface area (TPSA) is 48.1 Å². The predicted octanol–water partition coefficient (Wildman–Crippen LogP) is 3.39. The summed E-state index contributed by atoms with van der Waals surface area (Å²) >= 11 is 0. The average Bonchev–Trinajstić information content (AvgIpc) is 2.64. The summed E-state index contributed by atoms with van der Waals surface area (Å²) in [5.41, 5.74) is 0. The zero-order valence-corrected chi connectivity index (χ0v) is 17.8. The quantitative estimate of drug-likeness (QED) is 0.253. The second-order valence-electron chi connectivity index (χ2n) is 7.33. The molecule has 4 heteroatoms. The number of hydrogen-bond acceptors (Lipinski definition) is 4. The van der Waals surface area contributed by atoms with Crippen LogP contribution in [0.5, 0.6) is 0 Å². The molecule has 0 bridgehead atoms. The molecule has 0 radical (unpaired) electrons. The van der Waals surface area contributed by atoms with Crippen molar-refractivity contribution in [1.82, 2.24) is 21.3 Å². The zero-order chi connectivity index (χ0) is 18.6. The Kier molecular flexibility index (Phi) is 20.0. The van der Waals surface area contributed by atoms with Gasteiger partial charge in [0.1, 0.15) is 0 Å². The summed E-state index contributed by atoms with van der Waals surface area (Å²) in [6.07, 6.45) is 8.87. The van der Waals surface area contributed by atoms with Crippen LogP contribution in [0, 0.1) is 11.8 Å². The van der Waals surface area contributed by atoms with Gasteiger partial charge in [-0.25, -0.2) is 0 Å². The van der Waals surface area contributed by atoms with Gasteiger partial charge in [0.2, 0.25) is 0 Å². The van der Waals surface area contributed by atoms with Gasteiger partial charge in [0.05, 0.1) is 0 Å². The lowest BCUT2D eigenvalue weighted by Gasteiger charge is -2.13. The maximum atomic E-state index is 3.58. The zero-order valence-electron chi connectivity index (χ0n) is 17.8. The Labute approximate surface area is 158 Å². The van der Waals surface area contributed by atoms with Crippen LogP contribution in [0.15, 0.2) is 0 Å². The highest BCUT2D eigenvalue weighted by molar-refractivity contribution is 4.61. The monoisotopic (exact) mass is 356 g/mol. The summed E-state index contributed by atoms with van der Waals surface area (Å²) in [5, 5.41) is 14.2. The molecule has 25 heavy (non-hydrogen) atoms. The lowest BCUT2D eigenvalue weighted by Crippen LogP contribution is -2.28. The predicted molar refractivity (Wildman–Crippen MR) is 113 cm³/mol. The first-order chi connectivity index (χ1) is 12.3. The van der Waals surface area contributed by atoms with Crippen LogP contribution in [0.1, 0.15) is 72.6 Å². The Morgan fingerprint density at radius 3 is 1.00 bits per heavy atom. The molecule has 0 rings (SSSR count). The highest BCUT2D eigenvalue weighted by atomic mass is 14.9. The minimum absolute atomic E-state index is 0.856. The van der Waals surface area contributed by atoms with Crippen LogP contribution < -0.4 is 21.3 Å². The fraction of sp³-hybridized carbons (Fsp3) is 1.00. The van der Waals surface area contributed by atoms with E-state index in [1.807, 2.05) is 0 Å². The van der Waals surface area contributed by atoms with Crippen LogP contribution in [-0.4, -0.2) is 52.4 Å². The Morgan fingerprint density at radius 1 is 0.440 bits per heavy atom. The van der Waals surface area contributed by atoms with Crippen molar-refractivity contribution in [2.45, 2.75) is 72.6 Å². The van der Waals surface area contributed by atoms with Crippen molar-refractivity contribution in [3.63, 3.8) is 0 Å². The van der Waals surface area contributed by atoms with Crippen molar-refractivity contribution in [2.75, 3.05) is 52.4 Å². The van der Waals surface area contributed by atoms with E-state index in [0.29, 0.717) is 0 Å². The third kappa shape index (κ3) is 17.0. The van der Waals surface area contributed by atoms with E-state index in [-0.39, 0.29) is 0 Å². The lowest BCUT2D eigenvalue weighted by molar-refractivity contribution is 0.443. The van der Waals surface area contributed by atoms with Crippen LogP contribution in [0.25, 0.3) is 0 Å². The number of nitrogens with one attached hydrogen (secondary N) is 4. The molecule has 0 aromatic heterocycles. The Bertz CT molecular complexity index is 216. The van der Waals surface area contributed by atoms with Gasteiger partial charge in [-0.2, -0.15) is 0 Å². The highest BCUT2D eigenvalue weighted by Gasteiger charge is 2.02. The van der Waals surface area contributed by atoms with Gasteiger partial charge in [0.15, 0.2) is 0 Å². The average molecular weight is 357 g/mol. The molecule has 0 aliphatic heterocycles. The maximum absolute atomic E-state index is 3.58. The second kappa shape index (κ2) is 20.2. The number of rotatable bonds is 20. The van der Waals surface area contributed by atoms with Gasteiger partial charge < -0.3 is 21.3 Å². The molecule has 0 aliphatic rings. The largest absolute Gasteiger partial charge is 0.317 e. The molecule has 0 amide bonds. The molecule has 0 atom stereocenters. The minimum Gasteiger partial charge on any atom is -0.317 e. The fourth-order valence-corrected chi connectivity index (χ4v) is 3.03. The van der Waals surface area contributed by atoms with Crippen molar-refractivity contribution in [3.8, 4) is 0 Å². The van der Waals surface area contributed by atoms with Crippen LogP contribution in [0.2, 0.25) is 0 Å². The first-order valence-corrected chi connectivity index (χ1v) is 11.1. The lowest BCUT2D eigenvalue weighted by atomic mass is 10.0. The van der Waals surface area contributed by atoms with E-state index in [9.17, 15) is 0 Å². The summed E-state index contributed by atoms with van der Waals surface area (Å²) in [7, 11) is 0.